The molecule has 7 heteroatoms. The Morgan fingerprint density at radius 1 is 1.04 bits per heavy atom. The maximum absolute atomic E-state index is 12.7. The van der Waals surface area contributed by atoms with Gasteiger partial charge in [-0.1, -0.05) is 29.8 Å². The van der Waals surface area contributed by atoms with Crippen molar-refractivity contribution in [2.45, 2.75) is 24.3 Å². The molecule has 3 aromatic rings. The molecule has 0 saturated carbocycles. The molecule has 2 N–H and O–H groups in total. The summed E-state index contributed by atoms with van der Waals surface area (Å²) in [5.74, 6) is 0.694. The van der Waals surface area contributed by atoms with Gasteiger partial charge < -0.3 is 19.1 Å². The Labute approximate surface area is 164 Å². The molecule has 3 rings (SSSR count). The van der Waals surface area contributed by atoms with E-state index in [0.717, 1.165) is 10.9 Å². The highest BCUT2D eigenvalue weighted by Crippen LogP contribution is 2.33. The van der Waals surface area contributed by atoms with Gasteiger partial charge in [0.2, 0.25) is 0 Å². The van der Waals surface area contributed by atoms with E-state index in [1.165, 1.54) is 19.2 Å². The van der Waals surface area contributed by atoms with E-state index in [0.29, 0.717) is 16.7 Å². The summed E-state index contributed by atoms with van der Waals surface area (Å²) in [7, 11) is -2.52. The van der Waals surface area contributed by atoms with Gasteiger partial charge in [0.25, 0.3) is 0 Å². The lowest BCUT2D eigenvalue weighted by molar-refractivity contribution is 0.0954. The number of aliphatic hydroxyl groups is 2. The smallest absolute Gasteiger partial charge is 0.339 e. The van der Waals surface area contributed by atoms with Crippen molar-refractivity contribution >= 4 is 20.9 Å². The van der Waals surface area contributed by atoms with E-state index in [2.05, 4.69) is 0 Å². The summed E-state index contributed by atoms with van der Waals surface area (Å²) in [6, 6.07) is 15.0. The second-order valence-corrected chi connectivity index (χ2v) is 8.07. The molecule has 0 amide bonds. The van der Waals surface area contributed by atoms with Crippen molar-refractivity contribution in [2.24, 2.45) is 0 Å². The SMILES string of the molecule is COc1ccc2ccc(OS(=O)(=O)c3ccc(C)cc3)c(CC(O)CO)c2c1. The predicted octanol–water partition coefficient (Wildman–Crippen LogP) is 2.82. The summed E-state index contributed by atoms with van der Waals surface area (Å²) in [6.07, 6.45) is -1.03. The van der Waals surface area contributed by atoms with Crippen molar-refractivity contribution in [3.63, 3.8) is 0 Å². The molecule has 0 aliphatic heterocycles. The van der Waals surface area contributed by atoms with Crippen LogP contribution in [0.4, 0.5) is 0 Å². The molecule has 0 spiro atoms. The molecule has 0 saturated heterocycles. The Hall–Kier alpha value is -2.61. The van der Waals surface area contributed by atoms with Crippen LogP contribution in [0.3, 0.4) is 0 Å². The number of aliphatic hydroxyl groups excluding tert-OH is 2. The van der Waals surface area contributed by atoms with E-state index in [1.54, 1.807) is 36.4 Å². The topological polar surface area (TPSA) is 93.1 Å². The van der Waals surface area contributed by atoms with Gasteiger partial charge in [0.15, 0.2) is 0 Å². The van der Waals surface area contributed by atoms with Gasteiger partial charge in [-0.15, -0.1) is 0 Å². The zero-order valence-corrected chi connectivity index (χ0v) is 16.4. The van der Waals surface area contributed by atoms with Gasteiger partial charge in [-0.25, -0.2) is 0 Å². The number of hydrogen-bond acceptors (Lipinski definition) is 6. The molecule has 0 aliphatic rings. The van der Waals surface area contributed by atoms with Crippen LogP contribution in [0.1, 0.15) is 11.1 Å². The van der Waals surface area contributed by atoms with Gasteiger partial charge in [-0.2, -0.15) is 8.42 Å². The Bertz CT molecular complexity index is 1070. The lowest BCUT2D eigenvalue weighted by Gasteiger charge is -2.16. The first-order chi connectivity index (χ1) is 13.3. The van der Waals surface area contributed by atoms with E-state index >= 15 is 0 Å². The number of hydrogen-bond donors (Lipinski definition) is 2. The Morgan fingerprint density at radius 2 is 1.71 bits per heavy atom. The van der Waals surface area contributed by atoms with Gasteiger partial charge in [0.1, 0.15) is 16.4 Å². The molecule has 1 atom stereocenters. The molecular weight excluding hydrogens is 380 g/mol. The fourth-order valence-electron chi connectivity index (χ4n) is 2.93. The minimum Gasteiger partial charge on any atom is -0.497 e. The largest absolute Gasteiger partial charge is 0.497 e. The van der Waals surface area contributed by atoms with E-state index in [4.69, 9.17) is 8.92 Å². The second kappa shape index (κ2) is 8.18. The fraction of sp³-hybridized carbons (Fsp3) is 0.238. The number of ether oxygens (including phenoxy) is 1. The first kappa shape index (κ1) is 20.1. The molecule has 0 radical (unpaired) electrons. The molecule has 0 bridgehead atoms. The van der Waals surface area contributed by atoms with Crippen molar-refractivity contribution in [2.75, 3.05) is 13.7 Å². The number of methoxy groups -OCH3 is 1. The maximum atomic E-state index is 12.7. The summed E-state index contributed by atoms with van der Waals surface area (Å²) in [6.45, 7) is 1.41. The van der Waals surface area contributed by atoms with Gasteiger partial charge in [-0.05, 0) is 48.0 Å². The molecular formula is C21H22O6S. The normalized spacial score (nSPS) is 12.7. The maximum Gasteiger partial charge on any atom is 0.339 e. The van der Waals surface area contributed by atoms with Crippen LogP contribution in [0.5, 0.6) is 11.5 Å². The molecule has 1 unspecified atom stereocenters. The molecule has 3 aromatic carbocycles. The van der Waals surface area contributed by atoms with Crippen LogP contribution in [-0.4, -0.2) is 38.5 Å². The van der Waals surface area contributed by atoms with Gasteiger partial charge in [0.05, 0.1) is 19.8 Å². The third-order valence-corrected chi connectivity index (χ3v) is 5.71. The van der Waals surface area contributed by atoms with Crippen LogP contribution in [0.25, 0.3) is 10.8 Å². The highest BCUT2D eigenvalue weighted by atomic mass is 32.2. The standard InChI is InChI=1S/C21H22O6S/c1-14-3-8-18(9-4-14)28(24,25)27-21-10-6-15-5-7-17(26-2)12-19(15)20(21)11-16(23)13-22/h3-10,12,16,22-23H,11,13H2,1-2H3. The van der Waals surface area contributed by atoms with E-state index in [-0.39, 0.29) is 17.1 Å². The van der Waals surface area contributed by atoms with E-state index < -0.39 is 22.8 Å². The number of aryl methyl sites for hydroxylation is 1. The van der Waals surface area contributed by atoms with Crippen LogP contribution in [-0.2, 0) is 16.5 Å². The average molecular weight is 402 g/mol. The molecule has 0 aromatic heterocycles. The Morgan fingerprint density at radius 3 is 2.36 bits per heavy atom. The van der Waals surface area contributed by atoms with Crippen molar-refractivity contribution in [1.29, 1.82) is 0 Å². The molecule has 148 valence electrons. The van der Waals surface area contributed by atoms with Crippen LogP contribution in [0.15, 0.2) is 59.5 Å². The Kier molecular flexibility index (Phi) is 5.88. The molecule has 0 fully saturated rings. The highest BCUT2D eigenvalue weighted by molar-refractivity contribution is 7.87. The lowest BCUT2D eigenvalue weighted by Crippen LogP contribution is -2.17. The van der Waals surface area contributed by atoms with Crippen molar-refractivity contribution in [3.05, 3.63) is 65.7 Å². The first-order valence-corrected chi connectivity index (χ1v) is 10.1. The predicted molar refractivity (Wildman–Crippen MR) is 106 cm³/mol. The molecule has 28 heavy (non-hydrogen) atoms. The summed E-state index contributed by atoms with van der Waals surface area (Å²) < 4.78 is 36.1. The summed E-state index contributed by atoms with van der Waals surface area (Å²) in [5.41, 5.74) is 1.41. The average Bonchev–Trinajstić information content (AvgIpc) is 2.69. The van der Waals surface area contributed by atoms with Crippen LogP contribution >= 0.6 is 0 Å². The first-order valence-electron chi connectivity index (χ1n) is 8.74. The molecule has 0 aliphatic carbocycles. The molecule has 0 heterocycles. The zero-order valence-electron chi connectivity index (χ0n) is 15.6. The van der Waals surface area contributed by atoms with E-state index in [9.17, 15) is 18.6 Å². The van der Waals surface area contributed by atoms with Crippen LogP contribution in [0, 0.1) is 6.92 Å². The Balaban J connectivity index is 2.10. The quantitative estimate of drug-likeness (QED) is 0.591. The molecule has 6 nitrogen and oxygen atoms in total. The lowest BCUT2D eigenvalue weighted by atomic mass is 9.98. The van der Waals surface area contributed by atoms with Gasteiger partial charge in [-0.3, -0.25) is 0 Å². The number of benzene rings is 3. The number of fused-ring (bicyclic) bond motifs is 1. The van der Waals surface area contributed by atoms with Crippen LogP contribution < -0.4 is 8.92 Å². The third-order valence-electron chi connectivity index (χ3n) is 4.46. The highest BCUT2D eigenvalue weighted by Gasteiger charge is 2.21. The summed E-state index contributed by atoms with van der Waals surface area (Å²) in [4.78, 5) is 0.0393. The van der Waals surface area contributed by atoms with Crippen LogP contribution in [0.2, 0.25) is 0 Å². The van der Waals surface area contributed by atoms with Crippen molar-refractivity contribution in [1.82, 2.24) is 0 Å². The van der Waals surface area contributed by atoms with E-state index in [1.807, 2.05) is 13.0 Å². The monoisotopic (exact) mass is 402 g/mol. The second-order valence-electron chi connectivity index (χ2n) is 6.52. The zero-order chi connectivity index (χ0) is 20.3. The minimum absolute atomic E-state index is 0.0275. The number of rotatable bonds is 7. The third kappa shape index (κ3) is 4.27. The fourth-order valence-corrected chi connectivity index (χ4v) is 3.89. The van der Waals surface area contributed by atoms with Gasteiger partial charge in [0, 0.05) is 12.0 Å². The van der Waals surface area contributed by atoms with Crippen molar-refractivity contribution in [3.8, 4) is 11.5 Å². The summed E-state index contributed by atoms with van der Waals surface area (Å²) >= 11 is 0. The van der Waals surface area contributed by atoms with Crippen molar-refractivity contribution < 1.29 is 27.6 Å². The summed E-state index contributed by atoms with van der Waals surface area (Å²) in [5, 5.41) is 20.8. The van der Waals surface area contributed by atoms with Gasteiger partial charge >= 0.3 is 10.1 Å². The minimum atomic E-state index is -4.05.